The van der Waals surface area contributed by atoms with Crippen LogP contribution in [0.2, 0.25) is 0 Å². The van der Waals surface area contributed by atoms with Crippen molar-refractivity contribution in [2.45, 2.75) is 96.0 Å². The lowest BCUT2D eigenvalue weighted by Gasteiger charge is -2.46. The molecule has 0 aromatic carbocycles. The molecule has 4 aliphatic rings. The van der Waals surface area contributed by atoms with Crippen molar-refractivity contribution in [3.05, 3.63) is 22.8 Å². The van der Waals surface area contributed by atoms with Crippen molar-refractivity contribution in [3.63, 3.8) is 0 Å². The first kappa shape index (κ1) is 27.2. The summed E-state index contributed by atoms with van der Waals surface area (Å²) in [5, 5.41) is 73.8. The van der Waals surface area contributed by atoms with E-state index in [2.05, 4.69) is 6.08 Å². The van der Waals surface area contributed by atoms with E-state index in [4.69, 9.17) is 9.47 Å². The Bertz CT molecular complexity index is 839. The molecule has 9 heteroatoms. The third-order valence-electron chi connectivity index (χ3n) is 9.04. The van der Waals surface area contributed by atoms with Gasteiger partial charge in [0.15, 0.2) is 6.29 Å². The first-order valence-electron chi connectivity index (χ1n) is 12.8. The number of rotatable bonds is 5. The van der Waals surface area contributed by atoms with Crippen LogP contribution in [0.1, 0.15) is 47.0 Å². The van der Waals surface area contributed by atoms with E-state index in [-0.39, 0.29) is 30.3 Å². The molecule has 4 rings (SSSR count). The van der Waals surface area contributed by atoms with Crippen molar-refractivity contribution >= 4 is 0 Å². The van der Waals surface area contributed by atoms with Gasteiger partial charge in [0, 0.05) is 17.9 Å². The molecule has 12 atom stereocenters. The second-order valence-corrected chi connectivity index (χ2v) is 11.4. The highest BCUT2D eigenvalue weighted by Gasteiger charge is 2.55. The Kier molecular flexibility index (Phi) is 7.85. The van der Waals surface area contributed by atoms with Gasteiger partial charge in [-0.2, -0.15) is 0 Å². The number of fused-ring (bicyclic) bond motifs is 2. The summed E-state index contributed by atoms with van der Waals surface area (Å²) in [7, 11) is 0. The molecule has 3 aliphatic carbocycles. The van der Waals surface area contributed by atoms with Crippen LogP contribution in [0.15, 0.2) is 22.8 Å². The summed E-state index contributed by atoms with van der Waals surface area (Å²) in [5.41, 5.74) is 1.88. The lowest BCUT2D eigenvalue weighted by atomic mass is 9.68. The predicted octanol–water partition coefficient (Wildman–Crippen LogP) is -0.149. The molecule has 0 unspecified atom stereocenters. The van der Waals surface area contributed by atoms with Gasteiger partial charge in [-0.1, -0.05) is 38.0 Å². The molecule has 200 valence electrons. The largest absolute Gasteiger partial charge is 0.396 e. The van der Waals surface area contributed by atoms with Crippen LogP contribution in [0, 0.1) is 29.1 Å². The van der Waals surface area contributed by atoms with Crippen LogP contribution >= 0.6 is 0 Å². The smallest absolute Gasteiger partial charge is 0.187 e. The normalized spacial score (nSPS) is 49.9. The Balaban J connectivity index is 1.81. The Morgan fingerprint density at radius 1 is 1.00 bits per heavy atom. The zero-order valence-corrected chi connectivity index (χ0v) is 21.0. The van der Waals surface area contributed by atoms with E-state index in [1.165, 1.54) is 0 Å². The van der Waals surface area contributed by atoms with Crippen LogP contribution in [0.3, 0.4) is 0 Å². The van der Waals surface area contributed by atoms with Gasteiger partial charge < -0.3 is 45.2 Å². The zero-order chi connectivity index (χ0) is 25.8. The molecule has 1 aliphatic heterocycles. The Morgan fingerprint density at radius 2 is 1.69 bits per heavy atom. The molecule has 0 amide bonds. The maximum atomic E-state index is 11.7. The van der Waals surface area contributed by atoms with Crippen molar-refractivity contribution in [3.8, 4) is 0 Å². The monoisotopic (exact) mass is 498 g/mol. The minimum absolute atomic E-state index is 0.00303. The molecule has 1 saturated heterocycles. The van der Waals surface area contributed by atoms with Crippen LogP contribution < -0.4 is 0 Å². The van der Waals surface area contributed by atoms with Crippen LogP contribution in [-0.2, 0) is 9.47 Å². The second-order valence-electron chi connectivity index (χ2n) is 11.4. The van der Waals surface area contributed by atoms with E-state index in [0.29, 0.717) is 6.42 Å². The Labute approximate surface area is 206 Å². The van der Waals surface area contributed by atoms with Crippen molar-refractivity contribution in [2.75, 3.05) is 13.2 Å². The molecular weight excluding hydrogens is 456 g/mol. The third-order valence-corrected chi connectivity index (χ3v) is 9.04. The molecule has 0 aromatic heterocycles. The molecule has 0 spiro atoms. The average molecular weight is 499 g/mol. The van der Waals surface area contributed by atoms with Crippen molar-refractivity contribution in [1.29, 1.82) is 0 Å². The lowest BCUT2D eigenvalue weighted by molar-refractivity contribution is -0.315. The van der Waals surface area contributed by atoms with Gasteiger partial charge in [-0.25, -0.2) is 0 Å². The quantitative estimate of drug-likeness (QED) is 0.256. The topological polar surface area (TPSA) is 160 Å². The van der Waals surface area contributed by atoms with Gasteiger partial charge >= 0.3 is 0 Å². The maximum Gasteiger partial charge on any atom is 0.187 e. The zero-order valence-electron chi connectivity index (χ0n) is 21.0. The lowest BCUT2D eigenvalue weighted by Crippen LogP contribution is -2.60. The Hall–Kier alpha value is -0.880. The highest BCUT2D eigenvalue weighted by Crippen LogP contribution is 2.55. The molecule has 7 N–H and O–H groups in total. The molecule has 35 heavy (non-hydrogen) atoms. The number of hydrogen-bond donors (Lipinski definition) is 7. The molecule has 1 saturated carbocycles. The molecule has 9 nitrogen and oxygen atoms in total. The van der Waals surface area contributed by atoms with Crippen molar-refractivity contribution in [1.82, 2.24) is 0 Å². The fourth-order valence-corrected chi connectivity index (χ4v) is 6.77. The van der Waals surface area contributed by atoms with Gasteiger partial charge in [-0.15, -0.1) is 0 Å². The highest BCUT2D eigenvalue weighted by molar-refractivity contribution is 5.43. The summed E-state index contributed by atoms with van der Waals surface area (Å²) < 4.78 is 11.9. The van der Waals surface area contributed by atoms with E-state index in [1.807, 2.05) is 27.7 Å². The van der Waals surface area contributed by atoms with E-state index < -0.39 is 61.0 Å². The van der Waals surface area contributed by atoms with Crippen LogP contribution in [0.25, 0.3) is 0 Å². The SMILES string of the molecule is CC(C)C1=C2[C@@H](O[C@H]3O[C@H](CO)[C@@H](O)[C@H](O)[C@H]3O)[C@H](O)[C@H](C)[C@@H]3CC[C@H](CO)/C3=C/[C@@]2(C)[C@@H](O)C1. The standard InChI is InChI=1S/C26H42O9/c1-11(2)15-7-18(29)26(4)8-16-13(9-27)5-6-14(16)12(3)20(30)24(19(15)26)35-25-23(33)22(32)21(31)17(10-28)34-25/h8,11-14,17-18,20-25,27-33H,5-7,9-10H2,1-4H3/b16-8-/t12-,13-,14+,17-,18+,20-,21-,22+,23-,24-,25-,26+/m1/s1. The third kappa shape index (κ3) is 4.43. The van der Waals surface area contributed by atoms with E-state index in [9.17, 15) is 35.7 Å². The predicted molar refractivity (Wildman–Crippen MR) is 126 cm³/mol. The number of aliphatic hydroxyl groups is 7. The van der Waals surface area contributed by atoms with E-state index in [1.54, 1.807) is 0 Å². The number of ether oxygens (including phenoxy) is 2. The maximum absolute atomic E-state index is 11.7. The fourth-order valence-electron chi connectivity index (χ4n) is 6.77. The van der Waals surface area contributed by atoms with Gasteiger partial charge in [0.05, 0.1) is 18.8 Å². The minimum atomic E-state index is -1.60. The minimum Gasteiger partial charge on any atom is -0.396 e. The van der Waals surface area contributed by atoms with E-state index >= 15 is 0 Å². The molecule has 0 bridgehead atoms. The van der Waals surface area contributed by atoms with Crippen molar-refractivity contribution < 1.29 is 45.2 Å². The van der Waals surface area contributed by atoms with Gasteiger partial charge in [0.1, 0.15) is 30.5 Å². The molecular formula is C26H42O9. The van der Waals surface area contributed by atoms with Gasteiger partial charge in [0.25, 0.3) is 0 Å². The summed E-state index contributed by atoms with van der Waals surface area (Å²) in [5.74, 6) is -0.228. The summed E-state index contributed by atoms with van der Waals surface area (Å²) in [6.45, 7) is 7.33. The van der Waals surface area contributed by atoms with E-state index in [0.717, 1.165) is 29.6 Å². The summed E-state index contributed by atoms with van der Waals surface area (Å²) in [6.07, 6.45) is -5.93. The summed E-state index contributed by atoms with van der Waals surface area (Å²) >= 11 is 0. The number of aliphatic hydroxyl groups excluding tert-OH is 7. The van der Waals surface area contributed by atoms with Crippen molar-refractivity contribution in [2.24, 2.45) is 29.1 Å². The molecule has 1 heterocycles. The van der Waals surface area contributed by atoms with Gasteiger partial charge in [0.2, 0.25) is 0 Å². The molecule has 0 radical (unpaired) electrons. The van der Waals surface area contributed by atoms with Crippen LogP contribution in [0.4, 0.5) is 0 Å². The highest BCUT2D eigenvalue weighted by atomic mass is 16.7. The van der Waals surface area contributed by atoms with Gasteiger partial charge in [-0.05, 0) is 49.5 Å². The first-order chi connectivity index (χ1) is 16.5. The molecule has 2 fully saturated rings. The number of hydrogen-bond acceptors (Lipinski definition) is 9. The average Bonchev–Trinajstić information content (AvgIpc) is 3.33. The van der Waals surface area contributed by atoms with Crippen LogP contribution in [-0.4, -0.2) is 98.0 Å². The Morgan fingerprint density at radius 3 is 2.29 bits per heavy atom. The first-order valence-corrected chi connectivity index (χ1v) is 12.8. The van der Waals surface area contributed by atoms with Crippen LogP contribution in [0.5, 0.6) is 0 Å². The summed E-state index contributed by atoms with van der Waals surface area (Å²) in [4.78, 5) is 0. The summed E-state index contributed by atoms with van der Waals surface area (Å²) in [6, 6.07) is 0. The fraction of sp³-hybridized carbons (Fsp3) is 0.846. The molecule has 0 aromatic rings. The second kappa shape index (κ2) is 10.1. The van der Waals surface area contributed by atoms with Gasteiger partial charge in [-0.3, -0.25) is 0 Å².